The van der Waals surface area contributed by atoms with E-state index in [-0.39, 0.29) is 31.1 Å². The average molecular weight is 974 g/mol. The van der Waals surface area contributed by atoms with E-state index in [2.05, 4.69) is 32.9 Å². The first-order valence-electron chi connectivity index (χ1n) is 31.2. The van der Waals surface area contributed by atoms with Gasteiger partial charge in [-0.1, -0.05) is 303 Å². The first kappa shape index (κ1) is 67.1. The summed E-state index contributed by atoms with van der Waals surface area (Å²) >= 11 is 0. The van der Waals surface area contributed by atoms with Crippen molar-refractivity contribution in [2.75, 3.05) is 13.2 Å². The minimum absolute atomic E-state index is 0.0635. The fraction of sp³-hybridized carbons (Fsp3) is 0.921. The molecule has 0 spiro atoms. The lowest BCUT2D eigenvalue weighted by Crippen LogP contribution is -2.30. The lowest BCUT2D eigenvalue weighted by molar-refractivity contribution is -0.167. The van der Waals surface area contributed by atoms with Crippen LogP contribution >= 0.6 is 0 Å². The molecule has 0 aromatic carbocycles. The molecule has 0 saturated heterocycles. The Hall–Kier alpha value is -1.85. The number of carbonyl (C=O) groups is 3. The van der Waals surface area contributed by atoms with E-state index >= 15 is 0 Å². The van der Waals surface area contributed by atoms with Crippen molar-refractivity contribution >= 4 is 17.9 Å². The number of rotatable bonds is 58. The monoisotopic (exact) mass is 973 g/mol. The zero-order valence-electron chi connectivity index (χ0n) is 46.9. The van der Waals surface area contributed by atoms with Gasteiger partial charge in [0.2, 0.25) is 0 Å². The zero-order valence-corrected chi connectivity index (χ0v) is 46.9. The molecule has 0 rings (SSSR count). The van der Waals surface area contributed by atoms with Gasteiger partial charge in [-0.05, 0) is 44.9 Å². The van der Waals surface area contributed by atoms with E-state index in [1.54, 1.807) is 0 Å². The average Bonchev–Trinajstić information content (AvgIpc) is 3.35. The van der Waals surface area contributed by atoms with E-state index < -0.39 is 6.10 Å². The second kappa shape index (κ2) is 58.7. The zero-order chi connectivity index (χ0) is 50.0. The minimum atomic E-state index is -0.760. The normalized spacial score (nSPS) is 12.0. The summed E-state index contributed by atoms with van der Waals surface area (Å²) in [5.41, 5.74) is 0. The molecule has 408 valence electrons. The van der Waals surface area contributed by atoms with E-state index in [4.69, 9.17) is 14.2 Å². The van der Waals surface area contributed by atoms with Gasteiger partial charge in [-0.3, -0.25) is 14.4 Å². The van der Waals surface area contributed by atoms with Crippen molar-refractivity contribution < 1.29 is 28.6 Å². The van der Waals surface area contributed by atoms with Crippen molar-refractivity contribution in [2.45, 2.75) is 361 Å². The fourth-order valence-electron chi connectivity index (χ4n) is 9.56. The molecule has 6 nitrogen and oxygen atoms in total. The van der Waals surface area contributed by atoms with E-state index in [0.29, 0.717) is 19.3 Å². The highest BCUT2D eigenvalue weighted by atomic mass is 16.6. The molecule has 0 amide bonds. The maximum absolute atomic E-state index is 12.7. The Morgan fingerprint density at radius 3 is 0.725 bits per heavy atom. The summed E-state index contributed by atoms with van der Waals surface area (Å²) < 4.78 is 16.8. The maximum Gasteiger partial charge on any atom is 0.306 e. The third-order valence-corrected chi connectivity index (χ3v) is 14.3. The number of ether oxygens (including phenoxy) is 3. The summed E-state index contributed by atoms with van der Waals surface area (Å²) in [5.74, 6) is -0.848. The SMILES string of the molecule is CCCCCCCCCC/C=C\CCCCCCCCCCCCCCCCCCCCCCCC(=O)OCC(COC(=O)CCCCCCCCCCC)OC(=O)CCCCCCCCCCC. The molecule has 0 radical (unpaired) electrons. The third-order valence-electron chi connectivity index (χ3n) is 14.3. The minimum Gasteiger partial charge on any atom is -0.462 e. The highest BCUT2D eigenvalue weighted by molar-refractivity contribution is 5.71. The molecule has 0 aliphatic carbocycles. The number of hydrogen-bond donors (Lipinski definition) is 0. The number of carbonyl (C=O) groups excluding carboxylic acids is 3. The Labute approximate surface area is 431 Å². The molecule has 0 N–H and O–H groups in total. The van der Waals surface area contributed by atoms with Gasteiger partial charge in [0.25, 0.3) is 0 Å². The summed E-state index contributed by atoms with van der Waals surface area (Å²) in [6, 6.07) is 0. The van der Waals surface area contributed by atoms with Crippen LogP contribution in [-0.4, -0.2) is 37.2 Å². The van der Waals surface area contributed by atoms with E-state index in [1.807, 2.05) is 0 Å². The van der Waals surface area contributed by atoms with Gasteiger partial charge >= 0.3 is 17.9 Å². The van der Waals surface area contributed by atoms with E-state index in [0.717, 1.165) is 57.8 Å². The van der Waals surface area contributed by atoms with Crippen LogP contribution in [0.25, 0.3) is 0 Å². The van der Waals surface area contributed by atoms with Crippen LogP contribution in [0.3, 0.4) is 0 Å². The van der Waals surface area contributed by atoms with Crippen LogP contribution in [0.15, 0.2) is 12.2 Å². The van der Waals surface area contributed by atoms with Crippen LogP contribution in [-0.2, 0) is 28.6 Å². The summed E-state index contributed by atoms with van der Waals surface area (Å²) in [7, 11) is 0. The fourth-order valence-corrected chi connectivity index (χ4v) is 9.56. The molecule has 0 saturated carbocycles. The molecule has 0 fully saturated rings. The summed E-state index contributed by atoms with van der Waals surface area (Å²) in [6.07, 6.45) is 68.4. The first-order valence-corrected chi connectivity index (χ1v) is 31.2. The Kier molecular flexibility index (Phi) is 57.1. The van der Waals surface area contributed by atoms with Crippen molar-refractivity contribution in [1.82, 2.24) is 0 Å². The van der Waals surface area contributed by atoms with Crippen LogP contribution in [0.5, 0.6) is 0 Å². The number of unbranched alkanes of at least 4 members (excludes halogenated alkanes) is 45. The molecular weight excluding hydrogens is 853 g/mol. The topological polar surface area (TPSA) is 78.9 Å². The number of hydrogen-bond acceptors (Lipinski definition) is 6. The van der Waals surface area contributed by atoms with Crippen molar-refractivity contribution in [1.29, 1.82) is 0 Å². The van der Waals surface area contributed by atoms with Gasteiger partial charge in [-0.25, -0.2) is 0 Å². The standard InChI is InChI=1S/C63H120O6/c1-4-7-10-13-16-19-20-21-22-23-24-25-26-27-28-29-30-31-32-33-34-35-36-37-38-39-40-41-42-45-47-50-53-56-62(65)68-59-60(69-63(66)57-54-51-48-44-18-15-12-9-6-3)58-67-61(64)55-52-49-46-43-17-14-11-8-5-2/h23-24,60H,4-22,25-59H2,1-3H3/b24-23-. The van der Waals surface area contributed by atoms with Crippen molar-refractivity contribution in [3.05, 3.63) is 12.2 Å². The molecule has 0 aromatic rings. The molecule has 69 heavy (non-hydrogen) atoms. The van der Waals surface area contributed by atoms with Crippen LogP contribution in [0.4, 0.5) is 0 Å². The van der Waals surface area contributed by atoms with E-state index in [1.165, 1.54) is 257 Å². The molecule has 0 aromatic heterocycles. The molecule has 6 heteroatoms. The van der Waals surface area contributed by atoms with Gasteiger partial charge in [-0.2, -0.15) is 0 Å². The van der Waals surface area contributed by atoms with Crippen LogP contribution in [0.1, 0.15) is 355 Å². The molecule has 0 aliphatic rings. The maximum atomic E-state index is 12.7. The Bertz CT molecular complexity index is 1070. The van der Waals surface area contributed by atoms with Crippen LogP contribution in [0.2, 0.25) is 0 Å². The Morgan fingerprint density at radius 2 is 0.478 bits per heavy atom. The number of allylic oxidation sites excluding steroid dienone is 2. The van der Waals surface area contributed by atoms with Gasteiger partial charge in [0.05, 0.1) is 0 Å². The quantitative estimate of drug-likeness (QED) is 0.0261. The Morgan fingerprint density at radius 1 is 0.275 bits per heavy atom. The molecule has 1 atom stereocenters. The van der Waals surface area contributed by atoms with Crippen molar-refractivity contribution in [3.8, 4) is 0 Å². The van der Waals surface area contributed by atoms with Crippen molar-refractivity contribution in [2.24, 2.45) is 0 Å². The molecule has 0 heterocycles. The third kappa shape index (κ3) is 56.9. The predicted molar refractivity (Wildman–Crippen MR) is 298 cm³/mol. The summed E-state index contributed by atoms with van der Waals surface area (Å²) in [5, 5.41) is 0. The largest absolute Gasteiger partial charge is 0.462 e. The smallest absolute Gasteiger partial charge is 0.306 e. The van der Waals surface area contributed by atoms with E-state index in [9.17, 15) is 14.4 Å². The summed E-state index contributed by atoms with van der Waals surface area (Å²) in [6.45, 7) is 6.65. The first-order chi connectivity index (χ1) is 34.0. The van der Waals surface area contributed by atoms with Gasteiger partial charge < -0.3 is 14.2 Å². The van der Waals surface area contributed by atoms with Gasteiger partial charge in [0.1, 0.15) is 13.2 Å². The summed E-state index contributed by atoms with van der Waals surface area (Å²) in [4.78, 5) is 37.9. The van der Waals surface area contributed by atoms with Crippen LogP contribution in [0, 0.1) is 0 Å². The molecular formula is C63H120O6. The highest BCUT2D eigenvalue weighted by Crippen LogP contribution is 2.18. The Balaban J connectivity index is 3.87. The van der Waals surface area contributed by atoms with Gasteiger partial charge in [0, 0.05) is 19.3 Å². The predicted octanol–water partition coefficient (Wildman–Crippen LogP) is 20.9. The lowest BCUT2D eigenvalue weighted by atomic mass is 10.0. The van der Waals surface area contributed by atoms with Crippen molar-refractivity contribution in [3.63, 3.8) is 0 Å². The highest BCUT2D eigenvalue weighted by Gasteiger charge is 2.19. The lowest BCUT2D eigenvalue weighted by Gasteiger charge is -2.18. The molecule has 1 unspecified atom stereocenters. The van der Waals surface area contributed by atoms with Crippen LogP contribution < -0.4 is 0 Å². The second-order valence-electron chi connectivity index (χ2n) is 21.3. The van der Waals surface area contributed by atoms with Gasteiger partial charge in [0.15, 0.2) is 6.10 Å². The molecule has 0 aliphatic heterocycles. The second-order valence-corrected chi connectivity index (χ2v) is 21.3. The van der Waals surface area contributed by atoms with Gasteiger partial charge in [-0.15, -0.1) is 0 Å². The molecule has 0 bridgehead atoms. The number of esters is 3.